The molecule has 0 aromatic carbocycles. The molecular weight excluding hydrogens is 1010 g/mol. The number of quaternary nitrogens is 1. The van der Waals surface area contributed by atoms with Gasteiger partial charge in [0.1, 0.15) is 19.3 Å². The Hall–Kier alpha value is -2.03. The van der Waals surface area contributed by atoms with Crippen LogP contribution in [0.1, 0.15) is 335 Å². The Labute approximate surface area is 497 Å². The summed E-state index contributed by atoms with van der Waals surface area (Å²) in [7, 11) is 1.50. The van der Waals surface area contributed by atoms with Crippen LogP contribution in [0.4, 0.5) is 0 Å². The minimum Gasteiger partial charge on any atom is -0.456 e. The van der Waals surface area contributed by atoms with E-state index in [4.69, 9.17) is 13.8 Å². The van der Waals surface area contributed by atoms with Gasteiger partial charge in [-0.3, -0.25) is 18.6 Å². The van der Waals surface area contributed by atoms with Crippen LogP contribution in [-0.4, -0.2) is 74.3 Å². The molecule has 80 heavy (non-hydrogen) atoms. The van der Waals surface area contributed by atoms with Crippen molar-refractivity contribution in [1.82, 2.24) is 5.32 Å². The maximum absolute atomic E-state index is 13.6. The number of carbonyl (C=O) groups is 2. The number of amides is 1. The van der Waals surface area contributed by atoms with E-state index in [9.17, 15) is 19.0 Å². The fourth-order valence-corrected chi connectivity index (χ4v) is 10.9. The molecule has 0 saturated heterocycles. The summed E-state index contributed by atoms with van der Waals surface area (Å²) in [5, 5.41) is 3.07. The predicted octanol–water partition coefficient (Wildman–Crippen LogP) is 21.6. The number of nitrogens with zero attached hydrogens (tertiary/aromatic N) is 1. The van der Waals surface area contributed by atoms with Crippen LogP contribution in [-0.2, 0) is 27.9 Å². The van der Waals surface area contributed by atoms with E-state index in [0.29, 0.717) is 17.4 Å². The molecule has 0 heterocycles. The highest BCUT2D eigenvalue weighted by Gasteiger charge is 2.30. The molecule has 3 atom stereocenters. The van der Waals surface area contributed by atoms with Gasteiger partial charge < -0.3 is 19.4 Å². The molecular formula is C70H134N2O7P+. The minimum atomic E-state index is -4.45. The second-order valence-corrected chi connectivity index (χ2v) is 26.2. The summed E-state index contributed by atoms with van der Waals surface area (Å²) in [5.41, 5.74) is 0. The third-order valence-electron chi connectivity index (χ3n) is 15.5. The van der Waals surface area contributed by atoms with E-state index in [1.54, 1.807) is 0 Å². The number of nitrogens with one attached hydrogen (secondary N) is 1. The largest absolute Gasteiger partial charge is 0.472 e. The smallest absolute Gasteiger partial charge is 0.456 e. The van der Waals surface area contributed by atoms with Gasteiger partial charge in [0.2, 0.25) is 5.91 Å². The molecule has 2 N–H and O–H groups in total. The highest BCUT2D eigenvalue weighted by Crippen LogP contribution is 2.43. The molecule has 0 aromatic heterocycles. The van der Waals surface area contributed by atoms with Crippen molar-refractivity contribution >= 4 is 19.7 Å². The zero-order valence-corrected chi connectivity index (χ0v) is 54.7. The van der Waals surface area contributed by atoms with Crippen LogP contribution in [0, 0.1) is 0 Å². The number of allylic oxidation sites excluding steroid dienone is 7. The Morgan fingerprint density at radius 2 is 0.762 bits per heavy atom. The van der Waals surface area contributed by atoms with Gasteiger partial charge in [-0.1, -0.05) is 301 Å². The van der Waals surface area contributed by atoms with Crippen LogP contribution in [0.3, 0.4) is 0 Å². The molecule has 0 radical (unpaired) electrons. The second-order valence-electron chi connectivity index (χ2n) is 24.7. The van der Waals surface area contributed by atoms with Crippen LogP contribution in [0.2, 0.25) is 0 Å². The zero-order valence-electron chi connectivity index (χ0n) is 53.8. The molecule has 3 unspecified atom stereocenters. The molecule has 10 heteroatoms. The van der Waals surface area contributed by atoms with E-state index in [0.717, 1.165) is 83.5 Å². The van der Waals surface area contributed by atoms with Gasteiger partial charge in [0.15, 0.2) is 0 Å². The van der Waals surface area contributed by atoms with E-state index in [-0.39, 0.29) is 31.5 Å². The first-order valence-electron chi connectivity index (χ1n) is 34.5. The van der Waals surface area contributed by atoms with Crippen molar-refractivity contribution in [3.63, 3.8) is 0 Å². The van der Waals surface area contributed by atoms with Gasteiger partial charge >= 0.3 is 13.8 Å². The third kappa shape index (κ3) is 60.6. The zero-order chi connectivity index (χ0) is 58.6. The molecule has 0 aromatic rings. The molecule has 470 valence electrons. The lowest BCUT2D eigenvalue weighted by atomic mass is 10.0. The van der Waals surface area contributed by atoms with Crippen molar-refractivity contribution in [3.8, 4) is 0 Å². The van der Waals surface area contributed by atoms with E-state index in [1.165, 1.54) is 218 Å². The molecule has 0 saturated carbocycles. The van der Waals surface area contributed by atoms with E-state index >= 15 is 0 Å². The average molecular weight is 1150 g/mol. The average Bonchev–Trinajstić information content (AvgIpc) is 3.43. The van der Waals surface area contributed by atoms with E-state index < -0.39 is 20.0 Å². The summed E-state index contributed by atoms with van der Waals surface area (Å²) in [5.74, 6) is -0.505. The number of phosphoric ester groups is 1. The number of ether oxygens (including phenoxy) is 1. The van der Waals surface area contributed by atoms with E-state index in [1.807, 2.05) is 33.3 Å². The number of rotatable bonds is 63. The van der Waals surface area contributed by atoms with Crippen molar-refractivity contribution in [1.29, 1.82) is 0 Å². The maximum Gasteiger partial charge on any atom is 0.472 e. The van der Waals surface area contributed by atoms with E-state index in [2.05, 4.69) is 62.5 Å². The molecule has 0 spiro atoms. The van der Waals surface area contributed by atoms with Crippen molar-refractivity contribution in [2.45, 2.75) is 348 Å². The summed E-state index contributed by atoms with van der Waals surface area (Å²) in [4.78, 5) is 37.8. The van der Waals surface area contributed by atoms with Crippen LogP contribution < -0.4 is 5.32 Å². The Morgan fingerprint density at radius 1 is 0.438 bits per heavy atom. The van der Waals surface area contributed by atoms with Gasteiger partial charge in [0, 0.05) is 12.8 Å². The number of likely N-dealkylation sites (N-methyl/N-ethyl adjacent to an activating group) is 1. The molecule has 0 fully saturated rings. The maximum atomic E-state index is 13.6. The van der Waals surface area contributed by atoms with Crippen LogP contribution >= 0.6 is 7.82 Å². The standard InChI is InChI=1S/C70H133N2O7P/c1-7-10-13-16-19-22-25-28-30-32-34-35-36-37-39-40-42-44-47-50-53-56-59-62-69(73)71-67(66-78-80(75,76)77-65-64-72(4,5)6)68(61-58-55-52-49-46-27-24-21-18-15-12-9-3)79-70(74)63-60-57-54-51-48-45-43-41-38-33-31-29-26-23-20-17-14-11-8-2/h20,23,29,31,38,41,58,61,67-68H,7-19,21-22,24-28,30,32-37,39-40,42-57,59-60,62-66H2,1-6H3,(H-,71,73,75,76)/p+1/b23-20-,31-29-,41-38-,61-58+. The highest BCUT2D eigenvalue weighted by molar-refractivity contribution is 7.47. The number of esters is 1. The summed E-state index contributed by atoms with van der Waals surface area (Å²) in [6.07, 6.45) is 75.4. The van der Waals surface area contributed by atoms with Gasteiger partial charge in [0.25, 0.3) is 0 Å². The topological polar surface area (TPSA) is 111 Å². The van der Waals surface area contributed by atoms with Crippen molar-refractivity contribution < 1.29 is 37.3 Å². The summed E-state index contributed by atoms with van der Waals surface area (Å²) in [6.45, 7) is 7.02. The molecule has 0 rings (SSSR count). The molecule has 0 aliphatic carbocycles. The summed E-state index contributed by atoms with van der Waals surface area (Å²) >= 11 is 0. The number of carbonyl (C=O) groups excluding carboxylic acids is 2. The van der Waals surface area contributed by atoms with Gasteiger partial charge in [-0.05, 0) is 70.3 Å². The summed E-state index contributed by atoms with van der Waals surface area (Å²) < 4.78 is 30.8. The lowest BCUT2D eigenvalue weighted by Crippen LogP contribution is -2.47. The number of phosphoric acid groups is 1. The van der Waals surface area contributed by atoms with Gasteiger partial charge in [-0.25, -0.2) is 4.57 Å². The van der Waals surface area contributed by atoms with Gasteiger partial charge in [-0.2, -0.15) is 0 Å². The lowest BCUT2D eigenvalue weighted by molar-refractivity contribution is -0.870. The normalized spacial score (nSPS) is 13.8. The predicted molar refractivity (Wildman–Crippen MR) is 346 cm³/mol. The number of unbranched alkanes of at least 4 members (excludes halogenated alkanes) is 41. The minimum absolute atomic E-state index is 0.0393. The Kier molecular flexibility index (Phi) is 58.6. The molecule has 0 aliphatic rings. The monoisotopic (exact) mass is 1150 g/mol. The SMILES string of the molecule is CCCCC/C=C\C/C=C\C/C=C\CCCCCCCCC(=O)OC(/C=C/CCCCCCCCCCCC)C(COP(=O)(O)OCC[N+](C)(C)C)NC(=O)CCCCCCCCCCCCCCCCCCCCCCCCC. The highest BCUT2D eigenvalue weighted by atomic mass is 31.2. The first-order valence-corrected chi connectivity index (χ1v) is 36.0. The van der Waals surface area contributed by atoms with Crippen LogP contribution in [0.5, 0.6) is 0 Å². The molecule has 9 nitrogen and oxygen atoms in total. The Bertz CT molecular complexity index is 1510. The third-order valence-corrected chi connectivity index (χ3v) is 16.5. The fraction of sp³-hybridized carbons (Fsp3) is 0.857. The first kappa shape index (κ1) is 78.0. The first-order chi connectivity index (χ1) is 38.9. The lowest BCUT2D eigenvalue weighted by Gasteiger charge is -2.27. The fourth-order valence-electron chi connectivity index (χ4n) is 10.2. The number of hydrogen-bond acceptors (Lipinski definition) is 6. The Balaban J connectivity index is 5.11. The Morgan fingerprint density at radius 3 is 1.16 bits per heavy atom. The van der Waals surface area contributed by atoms with Crippen molar-refractivity contribution in [2.75, 3.05) is 40.9 Å². The van der Waals surface area contributed by atoms with Crippen LogP contribution in [0.25, 0.3) is 0 Å². The van der Waals surface area contributed by atoms with Gasteiger partial charge in [0.05, 0.1) is 33.8 Å². The quantitative estimate of drug-likeness (QED) is 0.0205. The second kappa shape index (κ2) is 60.1. The van der Waals surface area contributed by atoms with Crippen LogP contribution in [0.15, 0.2) is 48.6 Å². The molecule has 1 amide bonds. The molecule has 0 bridgehead atoms. The number of hydrogen-bond donors (Lipinski definition) is 2. The molecule has 0 aliphatic heterocycles. The van der Waals surface area contributed by atoms with Crippen molar-refractivity contribution in [3.05, 3.63) is 48.6 Å². The van der Waals surface area contributed by atoms with Gasteiger partial charge in [-0.15, -0.1) is 0 Å². The van der Waals surface area contributed by atoms with Crippen molar-refractivity contribution in [2.24, 2.45) is 0 Å². The summed E-state index contributed by atoms with van der Waals surface area (Å²) in [6, 6.07) is -0.852.